The molecule has 0 saturated carbocycles. The molecule has 1 aromatic heterocycles. The summed E-state index contributed by atoms with van der Waals surface area (Å²) in [7, 11) is 0. The summed E-state index contributed by atoms with van der Waals surface area (Å²) in [6.45, 7) is 0. The molecule has 0 spiro atoms. The van der Waals surface area contributed by atoms with Crippen LogP contribution in [-0.2, 0) is 6.42 Å². The summed E-state index contributed by atoms with van der Waals surface area (Å²) in [5.74, 6) is 0. The monoisotopic (exact) mass is 219 g/mol. The van der Waals surface area contributed by atoms with Crippen LogP contribution in [0.25, 0.3) is 0 Å². The molecule has 1 aromatic carbocycles. The van der Waals surface area contributed by atoms with Gasteiger partial charge in [0.1, 0.15) is 11.5 Å². The minimum absolute atomic E-state index is 0.462. The quantitative estimate of drug-likeness (QED) is 0.623. The van der Waals surface area contributed by atoms with Gasteiger partial charge >= 0.3 is 0 Å². The number of hydrogen-bond acceptors (Lipinski definition) is 3. The number of rotatable bonds is 2. The molecule has 0 fully saturated rings. The zero-order valence-electron chi connectivity index (χ0n) is 8.02. The minimum Gasteiger partial charge on any atom is -0.399 e. The second-order valence-corrected chi connectivity index (χ2v) is 3.64. The van der Waals surface area contributed by atoms with Gasteiger partial charge in [-0.2, -0.15) is 0 Å². The maximum absolute atomic E-state index is 5.77. The standard InChI is InChI=1S/C11H10ClN3/c12-11-6-10(14-7-15-11)5-8-2-1-3-9(13)4-8/h1-4,6-7H,5,13H2. The predicted molar refractivity (Wildman–Crippen MR) is 60.7 cm³/mol. The Balaban J connectivity index is 2.22. The van der Waals surface area contributed by atoms with Crippen LogP contribution in [-0.4, -0.2) is 9.97 Å². The Bertz CT molecular complexity index is 427. The van der Waals surface area contributed by atoms with Gasteiger partial charge in [-0.25, -0.2) is 9.97 Å². The molecule has 3 nitrogen and oxygen atoms in total. The number of benzene rings is 1. The molecule has 2 N–H and O–H groups in total. The van der Waals surface area contributed by atoms with E-state index in [1.54, 1.807) is 6.07 Å². The SMILES string of the molecule is Nc1cccc(Cc2cc(Cl)ncn2)c1. The average molecular weight is 220 g/mol. The number of hydrogen-bond donors (Lipinski definition) is 1. The molecule has 4 heteroatoms. The van der Waals surface area contributed by atoms with Crippen LogP contribution in [0, 0.1) is 0 Å². The largest absolute Gasteiger partial charge is 0.399 e. The van der Waals surface area contributed by atoms with Gasteiger partial charge in [0, 0.05) is 17.8 Å². The van der Waals surface area contributed by atoms with Crippen molar-refractivity contribution in [1.82, 2.24) is 9.97 Å². The van der Waals surface area contributed by atoms with Crippen LogP contribution in [0.1, 0.15) is 11.3 Å². The Morgan fingerprint density at radius 1 is 1.20 bits per heavy atom. The number of anilines is 1. The Morgan fingerprint density at radius 2 is 2.07 bits per heavy atom. The zero-order valence-corrected chi connectivity index (χ0v) is 8.78. The lowest BCUT2D eigenvalue weighted by molar-refractivity contribution is 1.03. The van der Waals surface area contributed by atoms with E-state index in [4.69, 9.17) is 17.3 Å². The summed E-state index contributed by atoms with van der Waals surface area (Å²) >= 11 is 5.77. The van der Waals surface area contributed by atoms with E-state index >= 15 is 0 Å². The highest BCUT2D eigenvalue weighted by molar-refractivity contribution is 6.29. The molecule has 0 atom stereocenters. The van der Waals surface area contributed by atoms with E-state index in [1.807, 2.05) is 24.3 Å². The van der Waals surface area contributed by atoms with Gasteiger partial charge in [0.15, 0.2) is 0 Å². The molecule has 76 valence electrons. The molecule has 2 rings (SSSR count). The molecule has 0 unspecified atom stereocenters. The number of nitrogens with two attached hydrogens (primary N) is 1. The van der Waals surface area contributed by atoms with Crippen LogP contribution < -0.4 is 5.73 Å². The molecule has 0 bridgehead atoms. The summed E-state index contributed by atoms with van der Waals surface area (Å²) in [4.78, 5) is 7.96. The third kappa shape index (κ3) is 2.67. The van der Waals surface area contributed by atoms with Crippen molar-refractivity contribution in [1.29, 1.82) is 0 Å². The van der Waals surface area contributed by atoms with Crippen LogP contribution in [0.5, 0.6) is 0 Å². The first-order valence-corrected chi connectivity index (χ1v) is 4.93. The second-order valence-electron chi connectivity index (χ2n) is 3.25. The van der Waals surface area contributed by atoms with Crippen molar-refractivity contribution in [2.75, 3.05) is 5.73 Å². The highest BCUT2D eigenvalue weighted by atomic mass is 35.5. The Morgan fingerprint density at radius 3 is 2.80 bits per heavy atom. The van der Waals surface area contributed by atoms with Crippen molar-refractivity contribution in [2.24, 2.45) is 0 Å². The van der Waals surface area contributed by atoms with E-state index in [-0.39, 0.29) is 0 Å². The molecule has 0 aliphatic heterocycles. The van der Waals surface area contributed by atoms with E-state index in [2.05, 4.69) is 9.97 Å². The van der Waals surface area contributed by atoms with Gasteiger partial charge in [-0.3, -0.25) is 0 Å². The van der Waals surface area contributed by atoms with E-state index < -0.39 is 0 Å². The van der Waals surface area contributed by atoms with Gasteiger partial charge < -0.3 is 5.73 Å². The molecule has 0 radical (unpaired) electrons. The second kappa shape index (κ2) is 4.28. The van der Waals surface area contributed by atoms with Gasteiger partial charge in [0.2, 0.25) is 0 Å². The van der Waals surface area contributed by atoms with Crippen LogP contribution >= 0.6 is 11.6 Å². The third-order valence-corrected chi connectivity index (χ3v) is 2.23. The third-order valence-electron chi connectivity index (χ3n) is 2.03. The summed E-state index contributed by atoms with van der Waals surface area (Å²) < 4.78 is 0. The van der Waals surface area contributed by atoms with Crippen molar-refractivity contribution >= 4 is 17.3 Å². The van der Waals surface area contributed by atoms with Gasteiger partial charge in [-0.1, -0.05) is 23.7 Å². The summed E-state index contributed by atoms with van der Waals surface area (Å²) in [6, 6.07) is 9.47. The van der Waals surface area contributed by atoms with Crippen LogP contribution in [0.2, 0.25) is 5.15 Å². The molecular formula is C11H10ClN3. The van der Waals surface area contributed by atoms with Crippen LogP contribution in [0.15, 0.2) is 36.7 Å². The van der Waals surface area contributed by atoms with E-state index in [1.165, 1.54) is 6.33 Å². The van der Waals surface area contributed by atoms with Crippen molar-refractivity contribution in [3.05, 3.63) is 53.1 Å². The predicted octanol–water partition coefficient (Wildman–Crippen LogP) is 2.30. The Kier molecular flexibility index (Phi) is 2.83. The number of halogens is 1. The van der Waals surface area contributed by atoms with Gasteiger partial charge in [0.25, 0.3) is 0 Å². The lowest BCUT2D eigenvalue weighted by Crippen LogP contribution is -1.94. The fourth-order valence-corrected chi connectivity index (χ4v) is 1.55. The normalized spacial score (nSPS) is 10.2. The van der Waals surface area contributed by atoms with Crippen molar-refractivity contribution in [2.45, 2.75) is 6.42 Å². The number of nitrogens with zero attached hydrogens (tertiary/aromatic N) is 2. The van der Waals surface area contributed by atoms with Gasteiger partial charge in [0.05, 0.1) is 0 Å². The van der Waals surface area contributed by atoms with Crippen molar-refractivity contribution in [3.63, 3.8) is 0 Å². The summed E-state index contributed by atoms with van der Waals surface area (Å²) in [6.07, 6.45) is 2.18. The lowest BCUT2D eigenvalue weighted by Gasteiger charge is -2.02. The van der Waals surface area contributed by atoms with E-state index in [9.17, 15) is 0 Å². The van der Waals surface area contributed by atoms with Crippen molar-refractivity contribution in [3.8, 4) is 0 Å². The number of aromatic nitrogens is 2. The smallest absolute Gasteiger partial charge is 0.132 e. The molecule has 2 aromatic rings. The molecular weight excluding hydrogens is 210 g/mol. The first-order chi connectivity index (χ1) is 7.24. The highest BCUT2D eigenvalue weighted by Crippen LogP contribution is 2.12. The fourth-order valence-electron chi connectivity index (χ4n) is 1.38. The first kappa shape index (κ1) is 9.93. The van der Waals surface area contributed by atoms with E-state index in [0.717, 1.165) is 16.9 Å². The molecule has 0 amide bonds. The minimum atomic E-state index is 0.462. The average Bonchev–Trinajstić information content (AvgIpc) is 2.17. The number of nitrogen functional groups attached to an aromatic ring is 1. The summed E-state index contributed by atoms with van der Waals surface area (Å²) in [5, 5.41) is 0.462. The maximum atomic E-state index is 5.77. The molecule has 1 heterocycles. The van der Waals surface area contributed by atoms with Gasteiger partial charge in [-0.15, -0.1) is 0 Å². The van der Waals surface area contributed by atoms with Crippen LogP contribution in [0.3, 0.4) is 0 Å². The topological polar surface area (TPSA) is 51.8 Å². The fraction of sp³-hybridized carbons (Fsp3) is 0.0909. The zero-order chi connectivity index (χ0) is 10.7. The van der Waals surface area contributed by atoms with Crippen molar-refractivity contribution < 1.29 is 0 Å². The highest BCUT2D eigenvalue weighted by Gasteiger charge is 1.99. The van der Waals surface area contributed by atoms with Crippen LogP contribution in [0.4, 0.5) is 5.69 Å². The molecule has 0 aliphatic carbocycles. The summed E-state index contributed by atoms with van der Waals surface area (Å²) in [5.41, 5.74) is 8.45. The molecule has 0 saturated heterocycles. The Labute approximate surface area is 92.9 Å². The molecule has 15 heavy (non-hydrogen) atoms. The maximum Gasteiger partial charge on any atom is 0.132 e. The lowest BCUT2D eigenvalue weighted by atomic mass is 10.1. The van der Waals surface area contributed by atoms with E-state index in [0.29, 0.717) is 11.6 Å². The first-order valence-electron chi connectivity index (χ1n) is 4.55. The Hall–Kier alpha value is -1.61. The van der Waals surface area contributed by atoms with Gasteiger partial charge in [-0.05, 0) is 23.8 Å². The molecule has 0 aliphatic rings.